The molecule has 36 heavy (non-hydrogen) atoms. The minimum atomic E-state index is -0.146. The van der Waals surface area contributed by atoms with Crippen molar-refractivity contribution >= 4 is 11.9 Å². The Balaban J connectivity index is 1.32. The Morgan fingerprint density at radius 2 is 1.47 bits per heavy atom. The number of ether oxygens (including phenoxy) is 2. The van der Waals surface area contributed by atoms with Gasteiger partial charge in [-0.05, 0) is 78.9 Å². The number of hydrogen-bond acceptors (Lipinski definition) is 4. The topological polar surface area (TPSA) is 57.8 Å². The molecule has 0 amide bonds. The molecular weight excluding hydrogens is 450 g/mol. The molecule has 0 fully saturated rings. The number of para-hydroxylation sites is 1. The third-order valence-corrected chi connectivity index (χ3v) is 6.43. The highest BCUT2D eigenvalue weighted by Gasteiger charge is 2.14. The van der Waals surface area contributed by atoms with Gasteiger partial charge in [0.15, 0.2) is 5.69 Å². The highest BCUT2D eigenvalue weighted by atomic mass is 16.5. The van der Waals surface area contributed by atoms with Crippen LogP contribution in [0.15, 0.2) is 88.6 Å². The Bertz CT molecular complexity index is 1350. The summed E-state index contributed by atoms with van der Waals surface area (Å²) in [6.07, 6.45) is 2.83. The lowest BCUT2D eigenvalue weighted by atomic mass is 9.99. The molecule has 0 aliphatic heterocycles. The van der Waals surface area contributed by atoms with E-state index in [0.717, 1.165) is 34.9 Å². The van der Waals surface area contributed by atoms with Crippen LogP contribution in [0.3, 0.4) is 0 Å². The molecule has 0 unspecified atom stereocenters. The molecule has 0 aliphatic carbocycles. The number of aromatic nitrogens is 2. The Hall–Kier alpha value is -4.06. The van der Waals surface area contributed by atoms with E-state index in [1.807, 2.05) is 85.4 Å². The molecule has 0 N–H and O–H groups in total. The molecule has 186 valence electrons. The van der Waals surface area contributed by atoms with Gasteiger partial charge in [-0.15, -0.1) is 0 Å². The fourth-order valence-corrected chi connectivity index (χ4v) is 3.94. The summed E-state index contributed by atoms with van der Waals surface area (Å²) in [5, 5.41) is 0. The molecule has 0 radical (unpaired) electrons. The van der Waals surface area contributed by atoms with Crippen molar-refractivity contribution in [2.45, 2.75) is 33.1 Å². The van der Waals surface area contributed by atoms with Crippen LogP contribution in [-0.4, -0.2) is 28.8 Å². The van der Waals surface area contributed by atoms with E-state index >= 15 is 0 Å². The van der Waals surface area contributed by atoms with Crippen LogP contribution >= 0.6 is 0 Å². The summed E-state index contributed by atoms with van der Waals surface area (Å²) in [7, 11) is 1.86. The molecule has 0 bridgehead atoms. The Morgan fingerprint density at radius 1 is 0.889 bits per heavy atom. The lowest BCUT2D eigenvalue weighted by molar-refractivity contribution is 0.217. The lowest BCUT2D eigenvalue weighted by Gasteiger charge is -2.11. The second-order valence-electron chi connectivity index (χ2n) is 8.81. The fourth-order valence-electron chi connectivity index (χ4n) is 3.94. The molecule has 4 aromatic rings. The van der Waals surface area contributed by atoms with Gasteiger partial charge >= 0.3 is 0 Å². The van der Waals surface area contributed by atoms with Crippen molar-refractivity contribution in [1.29, 1.82) is 0 Å². The summed E-state index contributed by atoms with van der Waals surface area (Å²) in [6, 6.07) is 25.4. The minimum absolute atomic E-state index is 0.146. The Labute approximate surface area is 212 Å². The predicted molar refractivity (Wildman–Crippen MR) is 146 cm³/mol. The second-order valence-corrected chi connectivity index (χ2v) is 8.81. The van der Waals surface area contributed by atoms with Crippen molar-refractivity contribution in [3.63, 3.8) is 0 Å². The summed E-state index contributed by atoms with van der Waals surface area (Å²) in [5.41, 5.74) is 4.10. The minimum Gasteiger partial charge on any atom is -0.490 e. The average Bonchev–Trinajstić information content (AvgIpc) is 3.13. The SMILES string of the molecule is CC[C@@H](C)c1ccc(OCCOc2ccc(C=Nc3c(C)n(C)n(-c4ccccc4)c3=O)cc2)cc1. The monoisotopic (exact) mass is 483 g/mol. The fraction of sp³-hybridized carbons (Fsp3) is 0.267. The normalized spacial score (nSPS) is 12.1. The molecule has 0 aliphatic rings. The molecule has 1 aromatic heterocycles. The largest absolute Gasteiger partial charge is 0.490 e. The first-order valence-corrected chi connectivity index (χ1v) is 12.3. The van der Waals surface area contributed by atoms with E-state index in [1.165, 1.54) is 5.56 Å². The van der Waals surface area contributed by atoms with Crippen LogP contribution in [-0.2, 0) is 7.05 Å². The quantitative estimate of drug-likeness (QED) is 0.199. The van der Waals surface area contributed by atoms with Gasteiger partial charge in [0.1, 0.15) is 24.7 Å². The van der Waals surface area contributed by atoms with Gasteiger partial charge in [-0.3, -0.25) is 9.48 Å². The molecule has 4 rings (SSSR count). The van der Waals surface area contributed by atoms with E-state index in [2.05, 4.69) is 31.0 Å². The third kappa shape index (κ3) is 5.77. The van der Waals surface area contributed by atoms with Crippen molar-refractivity contribution in [3.05, 3.63) is 106 Å². The maximum atomic E-state index is 13.0. The van der Waals surface area contributed by atoms with Crippen molar-refractivity contribution in [2.24, 2.45) is 12.0 Å². The zero-order valence-electron chi connectivity index (χ0n) is 21.3. The maximum Gasteiger partial charge on any atom is 0.297 e. The van der Waals surface area contributed by atoms with Crippen molar-refractivity contribution < 1.29 is 9.47 Å². The summed E-state index contributed by atoms with van der Waals surface area (Å²) in [4.78, 5) is 17.5. The van der Waals surface area contributed by atoms with Gasteiger partial charge in [-0.2, -0.15) is 0 Å². The first-order chi connectivity index (χ1) is 17.5. The van der Waals surface area contributed by atoms with Gasteiger partial charge in [-0.1, -0.05) is 44.2 Å². The number of aliphatic imine (C=N–C) groups is 1. The van der Waals surface area contributed by atoms with E-state index < -0.39 is 0 Å². The van der Waals surface area contributed by atoms with Crippen LogP contribution in [0.2, 0.25) is 0 Å². The molecule has 0 saturated carbocycles. The van der Waals surface area contributed by atoms with Gasteiger partial charge < -0.3 is 9.47 Å². The Kier molecular flexibility index (Phi) is 8.06. The van der Waals surface area contributed by atoms with Gasteiger partial charge in [0.05, 0.1) is 11.4 Å². The smallest absolute Gasteiger partial charge is 0.297 e. The molecule has 0 saturated heterocycles. The molecule has 0 spiro atoms. The van der Waals surface area contributed by atoms with Crippen LogP contribution in [0, 0.1) is 6.92 Å². The maximum absolute atomic E-state index is 13.0. The van der Waals surface area contributed by atoms with Gasteiger partial charge in [0, 0.05) is 13.3 Å². The molecule has 3 aromatic carbocycles. The van der Waals surface area contributed by atoms with E-state index in [0.29, 0.717) is 24.8 Å². The summed E-state index contributed by atoms with van der Waals surface area (Å²) in [6.45, 7) is 7.23. The Morgan fingerprint density at radius 3 is 2.06 bits per heavy atom. The van der Waals surface area contributed by atoms with Crippen molar-refractivity contribution in [3.8, 4) is 17.2 Å². The van der Waals surface area contributed by atoms with Gasteiger partial charge in [0.25, 0.3) is 5.56 Å². The van der Waals surface area contributed by atoms with Crippen LogP contribution in [0.5, 0.6) is 11.5 Å². The second kappa shape index (κ2) is 11.6. The zero-order chi connectivity index (χ0) is 25.5. The number of nitrogens with zero attached hydrogens (tertiary/aromatic N) is 3. The summed E-state index contributed by atoms with van der Waals surface area (Å²) < 4.78 is 15.0. The summed E-state index contributed by atoms with van der Waals surface area (Å²) in [5.74, 6) is 2.16. The average molecular weight is 484 g/mol. The molecule has 1 atom stereocenters. The zero-order valence-corrected chi connectivity index (χ0v) is 21.3. The molecule has 6 nitrogen and oxygen atoms in total. The third-order valence-electron chi connectivity index (χ3n) is 6.43. The first-order valence-electron chi connectivity index (χ1n) is 12.3. The molecule has 6 heteroatoms. The number of hydrogen-bond donors (Lipinski definition) is 0. The van der Waals surface area contributed by atoms with Gasteiger partial charge in [0.2, 0.25) is 0 Å². The highest BCUT2D eigenvalue weighted by Crippen LogP contribution is 2.22. The molecular formula is C30H33N3O3. The van der Waals surface area contributed by atoms with E-state index in [1.54, 1.807) is 10.9 Å². The number of benzene rings is 3. The van der Waals surface area contributed by atoms with Crippen LogP contribution < -0.4 is 15.0 Å². The van der Waals surface area contributed by atoms with E-state index in [-0.39, 0.29) is 5.56 Å². The lowest BCUT2D eigenvalue weighted by Crippen LogP contribution is -2.19. The van der Waals surface area contributed by atoms with Gasteiger partial charge in [-0.25, -0.2) is 9.67 Å². The van der Waals surface area contributed by atoms with E-state index in [4.69, 9.17) is 9.47 Å². The highest BCUT2D eigenvalue weighted by molar-refractivity contribution is 5.82. The van der Waals surface area contributed by atoms with E-state index in [9.17, 15) is 4.79 Å². The first kappa shape index (κ1) is 25.0. The van der Waals surface area contributed by atoms with Crippen LogP contribution in [0.4, 0.5) is 5.69 Å². The summed E-state index contributed by atoms with van der Waals surface area (Å²) >= 11 is 0. The number of rotatable bonds is 10. The van der Waals surface area contributed by atoms with Crippen LogP contribution in [0.1, 0.15) is 43.0 Å². The molecule has 1 heterocycles. The van der Waals surface area contributed by atoms with Crippen molar-refractivity contribution in [1.82, 2.24) is 9.36 Å². The predicted octanol–water partition coefficient (Wildman–Crippen LogP) is 6.21. The van der Waals surface area contributed by atoms with Crippen LogP contribution in [0.25, 0.3) is 5.69 Å². The standard InChI is InChI=1S/C30H33N3O3/c1-5-22(2)25-13-17-28(18-14-25)36-20-19-35-27-15-11-24(12-16-27)21-31-29-23(3)32(4)33(30(29)34)26-9-7-6-8-10-26/h6-18,21-22H,5,19-20H2,1-4H3/t22-/m1/s1. The van der Waals surface area contributed by atoms with Crippen molar-refractivity contribution in [2.75, 3.05) is 13.2 Å².